The van der Waals surface area contributed by atoms with Crippen LogP contribution in [0.4, 0.5) is 0 Å². The maximum Gasteiger partial charge on any atom is 0.0268 e. The molecule has 0 unspecified atom stereocenters. The van der Waals surface area contributed by atoms with Gasteiger partial charge in [-0.3, -0.25) is 0 Å². The number of aryl methyl sites for hydroxylation is 1. The number of benzene rings is 1. The van der Waals surface area contributed by atoms with Gasteiger partial charge < -0.3 is 5.73 Å². The molecular formula is C12H17N. The third-order valence-electron chi connectivity index (χ3n) is 2.92. The molecule has 2 rings (SSSR count). The van der Waals surface area contributed by atoms with Gasteiger partial charge in [-0.2, -0.15) is 0 Å². The lowest BCUT2D eigenvalue weighted by atomic mass is 9.86. The molecule has 1 atom stereocenters. The summed E-state index contributed by atoms with van der Waals surface area (Å²) < 4.78 is 0. The minimum Gasteiger partial charge on any atom is -0.324 e. The van der Waals surface area contributed by atoms with E-state index in [1.165, 1.54) is 42.4 Å². The van der Waals surface area contributed by atoms with Crippen molar-refractivity contribution in [3.8, 4) is 0 Å². The minimum absolute atomic E-state index is 0.188. The fraction of sp³-hybridized carbons (Fsp3) is 0.500. The van der Waals surface area contributed by atoms with E-state index in [1.54, 1.807) is 0 Å². The van der Waals surface area contributed by atoms with Crippen LogP contribution in [0, 0.1) is 0 Å². The number of rotatable bonds is 1. The zero-order valence-corrected chi connectivity index (χ0v) is 8.22. The minimum atomic E-state index is 0.188. The summed E-state index contributed by atoms with van der Waals surface area (Å²) in [5.41, 5.74) is 10.4. The van der Waals surface area contributed by atoms with Gasteiger partial charge in [0.2, 0.25) is 0 Å². The fourth-order valence-electron chi connectivity index (χ4n) is 2.24. The van der Waals surface area contributed by atoms with Crippen LogP contribution >= 0.6 is 0 Å². The molecule has 0 saturated carbocycles. The Kier molecular flexibility index (Phi) is 2.36. The van der Waals surface area contributed by atoms with Crippen LogP contribution in [0.25, 0.3) is 0 Å². The molecule has 13 heavy (non-hydrogen) atoms. The second-order valence-electron chi connectivity index (χ2n) is 3.98. The lowest BCUT2D eigenvalue weighted by molar-refractivity contribution is 0.667. The van der Waals surface area contributed by atoms with Crippen LogP contribution in [-0.4, -0.2) is 0 Å². The van der Waals surface area contributed by atoms with Crippen LogP contribution in [0.15, 0.2) is 18.2 Å². The molecule has 1 aliphatic carbocycles. The van der Waals surface area contributed by atoms with Crippen LogP contribution in [0.1, 0.15) is 42.5 Å². The van der Waals surface area contributed by atoms with E-state index >= 15 is 0 Å². The molecule has 1 aromatic rings. The second kappa shape index (κ2) is 3.51. The summed E-state index contributed by atoms with van der Waals surface area (Å²) in [7, 11) is 0. The van der Waals surface area contributed by atoms with Gasteiger partial charge in [0.15, 0.2) is 0 Å². The van der Waals surface area contributed by atoms with Crippen LogP contribution in [0.2, 0.25) is 0 Å². The van der Waals surface area contributed by atoms with Crippen LogP contribution in [0.3, 0.4) is 0 Å². The molecule has 0 saturated heterocycles. The van der Waals surface area contributed by atoms with E-state index in [0.29, 0.717) is 0 Å². The standard InChI is InChI=1S/C12H17N/c1-9(13)11-8-4-6-10-5-2-3-7-12(10)11/h4,6,8-9H,2-3,5,7,13H2,1H3/t9-/m1/s1. The molecule has 0 radical (unpaired) electrons. The van der Waals surface area contributed by atoms with E-state index in [0.717, 1.165) is 0 Å². The zero-order valence-electron chi connectivity index (χ0n) is 8.22. The molecule has 70 valence electrons. The quantitative estimate of drug-likeness (QED) is 0.697. The average Bonchev–Trinajstić information content (AvgIpc) is 2.17. The van der Waals surface area contributed by atoms with E-state index in [1.807, 2.05) is 0 Å². The Balaban J connectivity index is 2.46. The van der Waals surface area contributed by atoms with Gasteiger partial charge in [0.1, 0.15) is 0 Å². The van der Waals surface area contributed by atoms with Crippen molar-refractivity contribution in [2.75, 3.05) is 0 Å². The summed E-state index contributed by atoms with van der Waals surface area (Å²) in [5, 5.41) is 0. The second-order valence-corrected chi connectivity index (χ2v) is 3.98. The lowest BCUT2D eigenvalue weighted by Gasteiger charge is -2.20. The van der Waals surface area contributed by atoms with Gasteiger partial charge >= 0.3 is 0 Å². The Morgan fingerprint density at radius 2 is 2.00 bits per heavy atom. The number of fused-ring (bicyclic) bond motifs is 1. The smallest absolute Gasteiger partial charge is 0.0268 e. The Morgan fingerprint density at radius 1 is 1.23 bits per heavy atom. The summed E-state index contributed by atoms with van der Waals surface area (Å²) in [5.74, 6) is 0. The van der Waals surface area contributed by atoms with Gasteiger partial charge in [-0.05, 0) is 49.3 Å². The predicted octanol–water partition coefficient (Wildman–Crippen LogP) is 2.59. The van der Waals surface area contributed by atoms with Crippen LogP contribution in [-0.2, 0) is 12.8 Å². The van der Waals surface area contributed by atoms with Crippen molar-refractivity contribution in [1.29, 1.82) is 0 Å². The summed E-state index contributed by atoms with van der Waals surface area (Å²) in [6, 6.07) is 6.76. The maximum atomic E-state index is 5.94. The Bertz CT molecular complexity index is 302. The van der Waals surface area contributed by atoms with Gasteiger partial charge in [0.05, 0.1) is 0 Å². The summed E-state index contributed by atoms with van der Waals surface area (Å²) in [4.78, 5) is 0. The van der Waals surface area contributed by atoms with Gasteiger partial charge in [-0.15, -0.1) is 0 Å². The summed E-state index contributed by atoms with van der Waals surface area (Å²) >= 11 is 0. The van der Waals surface area contributed by atoms with E-state index in [9.17, 15) is 0 Å². The maximum absolute atomic E-state index is 5.94. The molecule has 0 heterocycles. The Labute approximate surface area is 80.0 Å². The molecule has 0 amide bonds. The molecule has 1 nitrogen and oxygen atoms in total. The van der Waals surface area contributed by atoms with Crippen molar-refractivity contribution in [2.24, 2.45) is 5.73 Å². The van der Waals surface area contributed by atoms with E-state index in [4.69, 9.17) is 5.73 Å². The molecule has 0 bridgehead atoms. The lowest BCUT2D eigenvalue weighted by Crippen LogP contribution is -2.12. The van der Waals surface area contributed by atoms with Crippen LogP contribution in [0.5, 0.6) is 0 Å². The molecule has 0 spiro atoms. The van der Waals surface area contributed by atoms with E-state index in [-0.39, 0.29) is 6.04 Å². The average molecular weight is 175 g/mol. The van der Waals surface area contributed by atoms with Crippen molar-refractivity contribution < 1.29 is 0 Å². The van der Waals surface area contributed by atoms with Crippen molar-refractivity contribution in [1.82, 2.24) is 0 Å². The Morgan fingerprint density at radius 3 is 2.77 bits per heavy atom. The van der Waals surface area contributed by atoms with Crippen molar-refractivity contribution in [3.05, 3.63) is 34.9 Å². The first-order chi connectivity index (χ1) is 6.29. The first-order valence-corrected chi connectivity index (χ1v) is 5.15. The third kappa shape index (κ3) is 1.61. The fourth-order valence-corrected chi connectivity index (χ4v) is 2.24. The molecule has 1 heteroatoms. The molecule has 0 fully saturated rings. The Hall–Kier alpha value is -0.820. The summed E-state index contributed by atoms with van der Waals surface area (Å²) in [6.45, 7) is 2.07. The van der Waals surface area contributed by atoms with Gasteiger partial charge in [-0.25, -0.2) is 0 Å². The highest BCUT2D eigenvalue weighted by Crippen LogP contribution is 2.27. The highest BCUT2D eigenvalue weighted by Gasteiger charge is 2.14. The number of hydrogen-bond acceptors (Lipinski definition) is 1. The largest absolute Gasteiger partial charge is 0.324 e. The van der Waals surface area contributed by atoms with Crippen molar-refractivity contribution in [3.63, 3.8) is 0 Å². The predicted molar refractivity (Wildman–Crippen MR) is 55.7 cm³/mol. The molecule has 0 aromatic heterocycles. The van der Waals surface area contributed by atoms with Crippen LogP contribution < -0.4 is 5.73 Å². The monoisotopic (exact) mass is 175 g/mol. The van der Waals surface area contributed by atoms with Gasteiger partial charge in [0, 0.05) is 6.04 Å². The highest BCUT2D eigenvalue weighted by atomic mass is 14.6. The van der Waals surface area contributed by atoms with Gasteiger partial charge in [0.25, 0.3) is 0 Å². The topological polar surface area (TPSA) is 26.0 Å². The molecule has 2 N–H and O–H groups in total. The highest BCUT2D eigenvalue weighted by molar-refractivity contribution is 5.38. The molecule has 1 aliphatic rings. The number of nitrogens with two attached hydrogens (primary N) is 1. The van der Waals surface area contributed by atoms with E-state index in [2.05, 4.69) is 25.1 Å². The van der Waals surface area contributed by atoms with Gasteiger partial charge in [-0.1, -0.05) is 18.2 Å². The zero-order chi connectivity index (χ0) is 9.26. The SMILES string of the molecule is C[C@@H](N)c1cccc2c1CCCC2. The first kappa shape index (κ1) is 8.76. The normalized spacial score (nSPS) is 18.0. The third-order valence-corrected chi connectivity index (χ3v) is 2.92. The first-order valence-electron chi connectivity index (χ1n) is 5.15. The van der Waals surface area contributed by atoms with Crippen molar-refractivity contribution in [2.45, 2.75) is 38.6 Å². The van der Waals surface area contributed by atoms with Crippen molar-refractivity contribution >= 4 is 0 Å². The summed E-state index contributed by atoms with van der Waals surface area (Å²) in [6.07, 6.45) is 5.15. The molecular weight excluding hydrogens is 158 g/mol. The number of hydrogen-bond donors (Lipinski definition) is 1. The molecule has 1 aromatic carbocycles. The van der Waals surface area contributed by atoms with E-state index < -0.39 is 0 Å². The molecule has 0 aliphatic heterocycles.